The molecule has 0 saturated heterocycles. The number of allylic oxidation sites excluding steroid dienone is 1. The predicted molar refractivity (Wildman–Crippen MR) is 76.7 cm³/mol. The second-order valence-electron chi connectivity index (χ2n) is 4.40. The topological polar surface area (TPSA) is 41.1 Å². The van der Waals surface area contributed by atoms with Gasteiger partial charge in [-0.3, -0.25) is 0 Å². The van der Waals surface area contributed by atoms with Crippen molar-refractivity contribution in [3.63, 3.8) is 0 Å². The van der Waals surface area contributed by atoms with Gasteiger partial charge in [-0.2, -0.15) is 0 Å². The average molecular weight is 248 g/mol. The Hall–Kier alpha value is -1.42. The van der Waals surface area contributed by atoms with Crippen molar-refractivity contribution < 1.29 is 0 Å². The van der Waals surface area contributed by atoms with Crippen molar-refractivity contribution in [3.8, 4) is 0 Å². The minimum absolute atomic E-state index is 0.829. The number of rotatable bonds is 9. The van der Waals surface area contributed by atoms with Crippen LogP contribution in [0.1, 0.15) is 31.7 Å². The van der Waals surface area contributed by atoms with Crippen molar-refractivity contribution in [1.82, 2.24) is 15.3 Å². The smallest absolute Gasteiger partial charge is 0.136 e. The fourth-order valence-electron chi connectivity index (χ4n) is 1.80. The summed E-state index contributed by atoms with van der Waals surface area (Å²) in [4.78, 5) is 10.7. The van der Waals surface area contributed by atoms with E-state index in [1.807, 2.05) is 12.3 Å². The summed E-state index contributed by atoms with van der Waals surface area (Å²) < 4.78 is 0. The molecule has 0 atom stereocenters. The summed E-state index contributed by atoms with van der Waals surface area (Å²) in [6.07, 6.45) is 8.75. The van der Waals surface area contributed by atoms with E-state index >= 15 is 0 Å². The Kier molecular flexibility index (Phi) is 7.03. The number of unbranched alkanes of at least 4 members (excludes halogenated alkanes) is 1. The van der Waals surface area contributed by atoms with Crippen LogP contribution in [0.4, 0.5) is 5.82 Å². The van der Waals surface area contributed by atoms with Gasteiger partial charge in [-0.05, 0) is 25.8 Å². The molecule has 4 heteroatoms. The summed E-state index contributed by atoms with van der Waals surface area (Å²) in [5.41, 5.74) is 1.16. The van der Waals surface area contributed by atoms with Crippen molar-refractivity contribution in [2.75, 3.05) is 25.0 Å². The zero-order chi connectivity index (χ0) is 13.2. The maximum atomic E-state index is 4.39. The summed E-state index contributed by atoms with van der Waals surface area (Å²) in [6, 6.07) is 0. The van der Waals surface area contributed by atoms with Gasteiger partial charge in [0.25, 0.3) is 0 Å². The van der Waals surface area contributed by atoms with Crippen molar-refractivity contribution in [2.24, 2.45) is 0 Å². The van der Waals surface area contributed by atoms with Gasteiger partial charge in [-0.25, -0.2) is 9.97 Å². The Labute approximate surface area is 110 Å². The van der Waals surface area contributed by atoms with Gasteiger partial charge < -0.3 is 10.2 Å². The van der Waals surface area contributed by atoms with E-state index < -0.39 is 0 Å². The molecular weight excluding hydrogens is 224 g/mol. The lowest BCUT2D eigenvalue weighted by Gasteiger charge is -2.20. The Morgan fingerprint density at radius 1 is 1.50 bits per heavy atom. The molecule has 0 unspecified atom stereocenters. The van der Waals surface area contributed by atoms with Gasteiger partial charge in [0.1, 0.15) is 12.1 Å². The minimum atomic E-state index is 0.829. The van der Waals surface area contributed by atoms with Gasteiger partial charge in [0.05, 0.1) is 0 Å². The van der Waals surface area contributed by atoms with Crippen LogP contribution in [-0.2, 0) is 6.54 Å². The second-order valence-corrected chi connectivity index (χ2v) is 4.40. The molecule has 1 rings (SSSR count). The molecule has 1 heterocycles. The monoisotopic (exact) mass is 248 g/mol. The summed E-state index contributed by atoms with van der Waals surface area (Å²) in [7, 11) is 2.08. The Bertz CT molecular complexity index is 351. The van der Waals surface area contributed by atoms with Crippen LogP contribution in [0, 0.1) is 0 Å². The zero-order valence-electron chi connectivity index (χ0n) is 11.5. The van der Waals surface area contributed by atoms with Crippen LogP contribution in [0.2, 0.25) is 0 Å². The molecule has 0 aromatic carbocycles. The highest BCUT2D eigenvalue weighted by atomic mass is 15.2. The lowest BCUT2D eigenvalue weighted by molar-refractivity contribution is 0.668. The van der Waals surface area contributed by atoms with Gasteiger partial charge >= 0.3 is 0 Å². The maximum absolute atomic E-state index is 4.39. The molecule has 0 bridgehead atoms. The first kappa shape index (κ1) is 14.6. The highest BCUT2D eigenvalue weighted by Gasteiger charge is 2.08. The number of aromatic nitrogens is 2. The highest BCUT2D eigenvalue weighted by molar-refractivity contribution is 5.44. The van der Waals surface area contributed by atoms with E-state index in [1.54, 1.807) is 6.33 Å². The molecule has 0 saturated carbocycles. The predicted octanol–water partition coefficient (Wildman–Crippen LogP) is 2.38. The first-order valence-electron chi connectivity index (χ1n) is 6.61. The van der Waals surface area contributed by atoms with E-state index in [0.29, 0.717) is 0 Å². The summed E-state index contributed by atoms with van der Waals surface area (Å²) >= 11 is 0. The number of nitrogens with one attached hydrogen (secondary N) is 1. The molecule has 18 heavy (non-hydrogen) atoms. The van der Waals surface area contributed by atoms with Crippen LogP contribution in [0.5, 0.6) is 0 Å². The quantitative estimate of drug-likeness (QED) is 0.538. The number of anilines is 1. The normalized spacial score (nSPS) is 10.3. The third-order valence-electron chi connectivity index (χ3n) is 2.77. The van der Waals surface area contributed by atoms with Crippen LogP contribution in [0.25, 0.3) is 0 Å². The molecule has 1 aromatic heterocycles. The van der Waals surface area contributed by atoms with E-state index in [1.165, 1.54) is 0 Å². The number of nitrogens with zero attached hydrogens (tertiary/aromatic N) is 3. The first-order valence-corrected chi connectivity index (χ1v) is 6.61. The SMILES string of the molecule is C=CCCCN(C)c1ncncc1CNCCC. The Morgan fingerprint density at radius 2 is 2.33 bits per heavy atom. The molecular formula is C14H24N4. The molecule has 0 amide bonds. The van der Waals surface area contributed by atoms with E-state index in [-0.39, 0.29) is 0 Å². The van der Waals surface area contributed by atoms with E-state index in [4.69, 9.17) is 0 Å². The Morgan fingerprint density at radius 3 is 3.06 bits per heavy atom. The molecule has 100 valence electrons. The second kappa shape index (κ2) is 8.64. The molecule has 1 aromatic rings. The lowest BCUT2D eigenvalue weighted by Crippen LogP contribution is -2.23. The zero-order valence-corrected chi connectivity index (χ0v) is 11.5. The molecule has 0 fully saturated rings. The van der Waals surface area contributed by atoms with Crippen LogP contribution >= 0.6 is 0 Å². The summed E-state index contributed by atoms with van der Waals surface area (Å²) in [5, 5.41) is 3.39. The number of hydrogen-bond donors (Lipinski definition) is 1. The first-order chi connectivity index (χ1) is 8.79. The van der Waals surface area contributed by atoms with Crippen LogP contribution in [0.15, 0.2) is 25.2 Å². The standard InChI is InChI=1S/C14H24N4/c1-4-6-7-9-18(3)14-13(10-15-8-5-2)11-16-12-17-14/h4,11-12,15H,1,5-10H2,2-3H3. The van der Waals surface area contributed by atoms with Gasteiger partial charge in [0.2, 0.25) is 0 Å². The van der Waals surface area contributed by atoms with Gasteiger partial charge in [-0.15, -0.1) is 6.58 Å². The van der Waals surface area contributed by atoms with E-state index in [0.717, 1.165) is 50.3 Å². The summed E-state index contributed by atoms with van der Waals surface area (Å²) in [5.74, 6) is 1.03. The third-order valence-corrected chi connectivity index (χ3v) is 2.77. The maximum Gasteiger partial charge on any atom is 0.136 e. The molecule has 0 aliphatic carbocycles. The summed E-state index contributed by atoms with van der Waals surface area (Å²) in [6.45, 7) is 8.75. The fourth-order valence-corrected chi connectivity index (χ4v) is 1.80. The van der Waals surface area contributed by atoms with E-state index in [2.05, 4.69) is 40.7 Å². The fraction of sp³-hybridized carbons (Fsp3) is 0.571. The van der Waals surface area contributed by atoms with Crippen LogP contribution in [0.3, 0.4) is 0 Å². The third kappa shape index (κ3) is 4.84. The molecule has 0 radical (unpaired) electrons. The van der Waals surface area contributed by atoms with Crippen molar-refractivity contribution in [3.05, 3.63) is 30.7 Å². The lowest BCUT2D eigenvalue weighted by atomic mass is 10.2. The number of hydrogen-bond acceptors (Lipinski definition) is 4. The van der Waals surface area contributed by atoms with Crippen molar-refractivity contribution >= 4 is 5.82 Å². The van der Waals surface area contributed by atoms with Crippen LogP contribution < -0.4 is 10.2 Å². The molecule has 0 spiro atoms. The van der Waals surface area contributed by atoms with Gasteiger partial charge in [0, 0.05) is 31.9 Å². The molecule has 0 aliphatic rings. The molecule has 0 aliphatic heterocycles. The average Bonchev–Trinajstić information content (AvgIpc) is 2.40. The molecule has 4 nitrogen and oxygen atoms in total. The Balaban J connectivity index is 2.59. The van der Waals surface area contributed by atoms with Gasteiger partial charge in [0.15, 0.2) is 0 Å². The highest BCUT2D eigenvalue weighted by Crippen LogP contribution is 2.15. The minimum Gasteiger partial charge on any atom is -0.359 e. The van der Waals surface area contributed by atoms with Crippen LogP contribution in [-0.4, -0.2) is 30.1 Å². The molecule has 1 N–H and O–H groups in total. The van der Waals surface area contributed by atoms with Crippen molar-refractivity contribution in [1.29, 1.82) is 0 Å². The van der Waals surface area contributed by atoms with E-state index in [9.17, 15) is 0 Å². The van der Waals surface area contributed by atoms with Gasteiger partial charge in [-0.1, -0.05) is 13.0 Å². The van der Waals surface area contributed by atoms with Crippen molar-refractivity contribution in [2.45, 2.75) is 32.7 Å². The largest absolute Gasteiger partial charge is 0.359 e.